The summed E-state index contributed by atoms with van der Waals surface area (Å²) in [4.78, 5) is 24.5. The Balaban J connectivity index is 1.76. The molecule has 21 heavy (non-hydrogen) atoms. The topological polar surface area (TPSA) is 66.4 Å². The molecular formula is C16H11NO3S. The molecule has 4 nitrogen and oxygen atoms in total. The fourth-order valence-electron chi connectivity index (χ4n) is 1.99. The summed E-state index contributed by atoms with van der Waals surface area (Å²) in [6.45, 7) is 0. The largest absolute Gasteiger partial charge is 0.478 e. The van der Waals surface area contributed by atoms with Gasteiger partial charge in [-0.2, -0.15) is 0 Å². The van der Waals surface area contributed by atoms with Crippen LogP contribution in [0.4, 0.5) is 5.69 Å². The van der Waals surface area contributed by atoms with Crippen LogP contribution in [0.25, 0.3) is 0 Å². The maximum Gasteiger partial charge on any atom is 0.335 e. The quantitative estimate of drug-likeness (QED) is 0.847. The van der Waals surface area contributed by atoms with Gasteiger partial charge in [-0.15, -0.1) is 0 Å². The number of allylic oxidation sites excluding steroid dienone is 1. The summed E-state index contributed by atoms with van der Waals surface area (Å²) < 4.78 is 0. The molecule has 0 unspecified atom stereocenters. The first-order valence-corrected chi connectivity index (χ1v) is 7.08. The predicted octanol–water partition coefficient (Wildman–Crippen LogP) is 3.63. The van der Waals surface area contributed by atoms with Crippen LogP contribution in [0.1, 0.15) is 20.7 Å². The Labute approximate surface area is 125 Å². The normalized spacial score (nSPS) is 15.0. The van der Waals surface area contributed by atoms with Crippen molar-refractivity contribution in [3.63, 3.8) is 0 Å². The molecule has 0 saturated heterocycles. The lowest BCUT2D eigenvalue weighted by molar-refractivity contribution is 0.0696. The Morgan fingerprint density at radius 2 is 1.81 bits per heavy atom. The number of Topliss-reactive ketones (excluding diaryl/α,β-unsaturated/α-hetero) is 1. The van der Waals surface area contributed by atoms with Crippen molar-refractivity contribution in [1.82, 2.24) is 0 Å². The summed E-state index contributed by atoms with van der Waals surface area (Å²) in [7, 11) is 0. The van der Waals surface area contributed by atoms with Crippen LogP contribution < -0.4 is 5.32 Å². The average molecular weight is 297 g/mol. The van der Waals surface area contributed by atoms with Crippen molar-refractivity contribution in [2.24, 2.45) is 0 Å². The minimum Gasteiger partial charge on any atom is -0.478 e. The molecule has 1 aliphatic heterocycles. The Morgan fingerprint density at radius 1 is 1.10 bits per heavy atom. The van der Waals surface area contributed by atoms with Crippen molar-refractivity contribution in [2.75, 3.05) is 5.32 Å². The third-order valence-electron chi connectivity index (χ3n) is 3.08. The minimum atomic E-state index is -0.961. The van der Waals surface area contributed by atoms with Crippen molar-refractivity contribution in [3.8, 4) is 0 Å². The first-order chi connectivity index (χ1) is 10.1. The molecule has 0 aromatic heterocycles. The molecule has 2 aromatic carbocycles. The second-order valence-electron chi connectivity index (χ2n) is 4.46. The van der Waals surface area contributed by atoms with E-state index in [2.05, 4.69) is 5.32 Å². The molecule has 2 aromatic rings. The van der Waals surface area contributed by atoms with Gasteiger partial charge in [-0.3, -0.25) is 4.79 Å². The van der Waals surface area contributed by atoms with Gasteiger partial charge < -0.3 is 10.4 Å². The van der Waals surface area contributed by atoms with Gasteiger partial charge in [-0.05, 0) is 36.4 Å². The van der Waals surface area contributed by atoms with Crippen LogP contribution >= 0.6 is 11.8 Å². The highest BCUT2D eigenvalue weighted by atomic mass is 32.2. The number of carbonyl (C=O) groups excluding carboxylic acids is 1. The second kappa shape index (κ2) is 5.46. The van der Waals surface area contributed by atoms with Gasteiger partial charge in [-0.1, -0.05) is 23.9 Å². The molecule has 0 radical (unpaired) electrons. The molecule has 0 amide bonds. The lowest BCUT2D eigenvalue weighted by atomic mass is 10.1. The van der Waals surface area contributed by atoms with Gasteiger partial charge in [0, 0.05) is 22.3 Å². The average Bonchev–Trinajstić information content (AvgIpc) is 2.82. The number of carboxylic acid groups (broad SMARTS) is 1. The number of nitrogens with one attached hydrogen (secondary N) is 1. The number of thioether (sulfide) groups is 1. The van der Waals surface area contributed by atoms with E-state index in [-0.39, 0.29) is 11.3 Å². The molecule has 0 spiro atoms. The van der Waals surface area contributed by atoms with E-state index in [0.29, 0.717) is 4.91 Å². The van der Waals surface area contributed by atoms with Gasteiger partial charge in [0.15, 0.2) is 0 Å². The number of ketones is 1. The Bertz CT molecular complexity index is 750. The van der Waals surface area contributed by atoms with Gasteiger partial charge in [0.2, 0.25) is 5.78 Å². The van der Waals surface area contributed by atoms with Crippen molar-refractivity contribution in [1.29, 1.82) is 0 Å². The number of carboxylic acids is 1. The third-order valence-corrected chi connectivity index (χ3v) is 4.18. The Kier molecular flexibility index (Phi) is 3.50. The van der Waals surface area contributed by atoms with Crippen molar-refractivity contribution in [3.05, 3.63) is 70.8 Å². The molecule has 1 heterocycles. The standard InChI is InChI=1S/C16H11NO3S/c18-15-12-3-1-2-4-13(12)21-14(15)9-17-11-7-5-10(6-8-11)16(19)20/h1-9,17H,(H,19,20). The van der Waals surface area contributed by atoms with Gasteiger partial charge >= 0.3 is 5.97 Å². The lowest BCUT2D eigenvalue weighted by Crippen LogP contribution is -1.98. The fraction of sp³-hybridized carbons (Fsp3) is 0. The summed E-state index contributed by atoms with van der Waals surface area (Å²) in [5, 5.41) is 11.9. The van der Waals surface area contributed by atoms with Gasteiger partial charge in [0.1, 0.15) is 0 Å². The number of benzene rings is 2. The zero-order valence-electron chi connectivity index (χ0n) is 10.9. The Hall–Kier alpha value is -2.53. The van der Waals surface area contributed by atoms with E-state index < -0.39 is 5.97 Å². The summed E-state index contributed by atoms with van der Waals surface area (Å²) >= 11 is 1.43. The number of fused-ring (bicyclic) bond motifs is 1. The van der Waals surface area contributed by atoms with E-state index in [1.54, 1.807) is 18.3 Å². The zero-order chi connectivity index (χ0) is 14.8. The first kappa shape index (κ1) is 13.5. The predicted molar refractivity (Wildman–Crippen MR) is 81.7 cm³/mol. The summed E-state index contributed by atoms with van der Waals surface area (Å²) in [6.07, 6.45) is 1.66. The molecule has 0 saturated carbocycles. The van der Waals surface area contributed by atoms with Crippen LogP contribution in [0.15, 0.2) is 64.5 Å². The van der Waals surface area contributed by atoms with E-state index in [9.17, 15) is 9.59 Å². The van der Waals surface area contributed by atoms with Crippen LogP contribution in [0.5, 0.6) is 0 Å². The maximum absolute atomic E-state index is 12.2. The number of rotatable bonds is 3. The van der Waals surface area contributed by atoms with E-state index in [1.807, 2.05) is 24.3 Å². The van der Waals surface area contributed by atoms with E-state index in [0.717, 1.165) is 16.1 Å². The highest BCUT2D eigenvalue weighted by molar-refractivity contribution is 8.04. The number of hydrogen-bond donors (Lipinski definition) is 2. The van der Waals surface area contributed by atoms with E-state index >= 15 is 0 Å². The fourth-order valence-corrected chi connectivity index (χ4v) is 2.97. The molecule has 5 heteroatoms. The molecule has 2 N–H and O–H groups in total. The van der Waals surface area contributed by atoms with Gasteiger partial charge in [0.05, 0.1) is 10.5 Å². The molecular weight excluding hydrogens is 286 g/mol. The highest BCUT2D eigenvalue weighted by Crippen LogP contribution is 2.39. The van der Waals surface area contributed by atoms with Crippen LogP contribution in [-0.2, 0) is 0 Å². The summed E-state index contributed by atoms with van der Waals surface area (Å²) in [5.41, 5.74) is 1.68. The first-order valence-electron chi connectivity index (χ1n) is 6.27. The molecule has 0 bridgehead atoms. The second-order valence-corrected chi connectivity index (χ2v) is 5.55. The number of anilines is 1. The van der Waals surface area contributed by atoms with Crippen molar-refractivity contribution < 1.29 is 14.7 Å². The van der Waals surface area contributed by atoms with Crippen LogP contribution in [-0.4, -0.2) is 16.9 Å². The molecule has 3 rings (SSSR count). The smallest absolute Gasteiger partial charge is 0.335 e. The van der Waals surface area contributed by atoms with E-state index in [4.69, 9.17) is 5.11 Å². The number of hydrogen-bond acceptors (Lipinski definition) is 4. The molecule has 104 valence electrons. The molecule has 0 fully saturated rings. The Morgan fingerprint density at radius 3 is 2.48 bits per heavy atom. The van der Waals surface area contributed by atoms with Gasteiger partial charge in [-0.25, -0.2) is 4.79 Å². The summed E-state index contributed by atoms with van der Waals surface area (Å²) in [5.74, 6) is -0.956. The summed E-state index contributed by atoms with van der Waals surface area (Å²) in [6, 6.07) is 13.8. The highest BCUT2D eigenvalue weighted by Gasteiger charge is 2.24. The molecule has 0 aliphatic carbocycles. The van der Waals surface area contributed by atoms with Gasteiger partial charge in [0.25, 0.3) is 0 Å². The number of aromatic carboxylic acids is 1. The van der Waals surface area contributed by atoms with Crippen LogP contribution in [0.3, 0.4) is 0 Å². The van der Waals surface area contributed by atoms with Crippen molar-refractivity contribution in [2.45, 2.75) is 4.90 Å². The number of carbonyl (C=O) groups is 2. The van der Waals surface area contributed by atoms with Crippen molar-refractivity contribution >= 4 is 29.2 Å². The van der Waals surface area contributed by atoms with E-state index in [1.165, 1.54) is 23.9 Å². The van der Waals surface area contributed by atoms with Crippen LogP contribution in [0.2, 0.25) is 0 Å². The molecule has 1 aliphatic rings. The lowest BCUT2D eigenvalue weighted by Gasteiger charge is -2.02. The monoisotopic (exact) mass is 297 g/mol. The zero-order valence-corrected chi connectivity index (χ0v) is 11.7. The van der Waals surface area contributed by atoms with Crippen LogP contribution in [0, 0.1) is 0 Å². The maximum atomic E-state index is 12.2. The molecule has 0 atom stereocenters. The third kappa shape index (κ3) is 2.68. The SMILES string of the molecule is O=C(O)c1ccc(NC=C2Sc3ccccc3C2=O)cc1. The minimum absolute atomic E-state index is 0.00487.